The quantitative estimate of drug-likeness (QED) is 0.934. The number of hydrogen-bond donors (Lipinski definition) is 1. The molecule has 2 aromatic carbocycles. The number of nitrogens with one attached hydrogen (secondary N) is 1. The SMILES string of the molecule is O=C(NCC1CCCO1)c1ccccc1-c1ccccc1. The number of benzene rings is 2. The molecule has 3 rings (SSSR count). The van der Waals surface area contributed by atoms with E-state index in [9.17, 15) is 4.79 Å². The molecule has 1 N–H and O–H groups in total. The molecule has 3 heteroatoms. The minimum Gasteiger partial charge on any atom is -0.376 e. The van der Waals surface area contributed by atoms with E-state index < -0.39 is 0 Å². The summed E-state index contributed by atoms with van der Waals surface area (Å²) in [7, 11) is 0. The minimum absolute atomic E-state index is 0.0371. The van der Waals surface area contributed by atoms with E-state index in [0.717, 1.165) is 30.6 Å². The number of rotatable bonds is 4. The largest absolute Gasteiger partial charge is 0.376 e. The molecule has 0 bridgehead atoms. The second-order valence-corrected chi connectivity index (χ2v) is 5.26. The van der Waals surface area contributed by atoms with Gasteiger partial charge in [0, 0.05) is 18.7 Å². The summed E-state index contributed by atoms with van der Waals surface area (Å²) in [6, 6.07) is 17.7. The molecular weight excluding hydrogens is 262 g/mol. The van der Waals surface area contributed by atoms with Gasteiger partial charge in [-0.15, -0.1) is 0 Å². The predicted molar refractivity (Wildman–Crippen MR) is 83.2 cm³/mol. The fraction of sp³-hybridized carbons (Fsp3) is 0.278. The summed E-state index contributed by atoms with van der Waals surface area (Å²) in [4.78, 5) is 12.4. The smallest absolute Gasteiger partial charge is 0.252 e. The van der Waals surface area contributed by atoms with Crippen molar-refractivity contribution in [3.05, 3.63) is 60.2 Å². The van der Waals surface area contributed by atoms with Crippen molar-refractivity contribution < 1.29 is 9.53 Å². The summed E-state index contributed by atoms with van der Waals surface area (Å²) < 4.78 is 5.54. The van der Waals surface area contributed by atoms with Gasteiger partial charge in [-0.3, -0.25) is 4.79 Å². The highest BCUT2D eigenvalue weighted by molar-refractivity contribution is 6.00. The van der Waals surface area contributed by atoms with Gasteiger partial charge in [-0.25, -0.2) is 0 Å². The minimum atomic E-state index is -0.0371. The van der Waals surface area contributed by atoms with Gasteiger partial charge in [-0.1, -0.05) is 48.5 Å². The lowest BCUT2D eigenvalue weighted by atomic mass is 9.99. The van der Waals surface area contributed by atoms with Crippen molar-refractivity contribution in [2.45, 2.75) is 18.9 Å². The maximum Gasteiger partial charge on any atom is 0.252 e. The normalized spacial score (nSPS) is 17.6. The number of amides is 1. The van der Waals surface area contributed by atoms with E-state index in [1.165, 1.54) is 0 Å². The van der Waals surface area contributed by atoms with E-state index in [4.69, 9.17) is 4.74 Å². The lowest BCUT2D eigenvalue weighted by Gasteiger charge is -2.13. The molecule has 0 saturated carbocycles. The number of carbonyl (C=O) groups excluding carboxylic acids is 1. The van der Waals surface area contributed by atoms with E-state index in [1.807, 2.05) is 54.6 Å². The maximum absolute atomic E-state index is 12.4. The van der Waals surface area contributed by atoms with Crippen LogP contribution in [0, 0.1) is 0 Å². The Morgan fingerprint density at radius 1 is 1.10 bits per heavy atom. The lowest BCUT2D eigenvalue weighted by Crippen LogP contribution is -2.32. The summed E-state index contributed by atoms with van der Waals surface area (Å²) in [5.41, 5.74) is 2.73. The highest BCUT2D eigenvalue weighted by Crippen LogP contribution is 2.23. The average Bonchev–Trinajstić information content (AvgIpc) is 3.07. The van der Waals surface area contributed by atoms with Gasteiger partial charge in [0.25, 0.3) is 5.91 Å². The van der Waals surface area contributed by atoms with Gasteiger partial charge >= 0.3 is 0 Å². The Morgan fingerprint density at radius 3 is 2.62 bits per heavy atom. The third-order valence-electron chi connectivity index (χ3n) is 3.77. The van der Waals surface area contributed by atoms with Gasteiger partial charge in [0.05, 0.1) is 6.10 Å². The molecule has 1 unspecified atom stereocenters. The van der Waals surface area contributed by atoms with Crippen molar-refractivity contribution >= 4 is 5.91 Å². The zero-order valence-corrected chi connectivity index (χ0v) is 11.9. The summed E-state index contributed by atoms with van der Waals surface area (Å²) >= 11 is 0. The molecule has 1 amide bonds. The van der Waals surface area contributed by atoms with E-state index in [-0.39, 0.29) is 12.0 Å². The van der Waals surface area contributed by atoms with Gasteiger partial charge in [-0.2, -0.15) is 0 Å². The van der Waals surface area contributed by atoms with Crippen LogP contribution in [0.4, 0.5) is 0 Å². The van der Waals surface area contributed by atoms with E-state index >= 15 is 0 Å². The van der Waals surface area contributed by atoms with Crippen LogP contribution in [0.15, 0.2) is 54.6 Å². The van der Waals surface area contributed by atoms with Crippen LogP contribution in [0.25, 0.3) is 11.1 Å². The zero-order chi connectivity index (χ0) is 14.5. The molecule has 21 heavy (non-hydrogen) atoms. The van der Waals surface area contributed by atoms with Gasteiger partial charge in [-0.05, 0) is 30.0 Å². The molecule has 0 spiro atoms. The second kappa shape index (κ2) is 6.55. The Balaban J connectivity index is 1.76. The van der Waals surface area contributed by atoms with Crippen LogP contribution in [-0.4, -0.2) is 25.2 Å². The molecule has 108 valence electrons. The molecule has 0 aromatic heterocycles. The van der Waals surface area contributed by atoms with Crippen LogP contribution in [0.2, 0.25) is 0 Å². The first kappa shape index (κ1) is 13.8. The number of carbonyl (C=O) groups is 1. The number of ether oxygens (including phenoxy) is 1. The van der Waals surface area contributed by atoms with E-state index in [0.29, 0.717) is 12.1 Å². The number of hydrogen-bond acceptors (Lipinski definition) is 2. The van der Waals surface area contributed by atoms with Crippen LogP contribution in [0.5, 0.6) is 0 Å². The first-order valence-corrected chi connectivity index (χ1v) is 7.39. The molecule has 1 aliphatic heterocycles. The summed E-state index contributed by atoms with van der Waals surface area (Å²) in [6.07, 6.45) is 2.28. The van der Waals surface area contributed by atoms with Crippen LogP contribution in [-0.2, 0) is 4.74 Å². The van der Waals surface area contributed by atoms with Gasteiger partial charge in [0.15, 0.2) is 0 Å². The second-order valence-electron chi connectivity index (χ2n) is 5.26. The first-order chi connectivity index (χ1) is 10.3. The van der Waals surface area contributed by atoms with E-state index in [2.05, 4.69) is 5.32 Å². The van der Waals surface area contributed by atoms with Crippen LogP contribution in [0.3, 0.4) is 0 Å². The fourth-order valence-corrected chi connectivity index (χ4v) is 2.66. The topological polar surface area (TPSA) is 38.3 Å². The molecule has 1 fully saturated rings. The lowest BCUT2D eigenvalue weighted by molar-refractivity contribution is 0.0858. The van der Waals surface area contributed by atoms with Gasteiger partial charge in [0.2, 0.25) is 0 Å². The van der Waals surface area contributed by atoms with Crippen LogP contribution in [0.1, 0.15) is 23.2 Å². The predicted octanol–water partition coefficient (Wildman–Crippen LogP) is 3.26. The molecule has 1 aliphatic rings. The molecule has 1 saturated heterocycles. The van der Waals surface area contributed by atoms with Crippen LogP contribution >= 0.6 is 0 Å². The van der Waals surface area contributed by atoms with Crippen molar-refractivity contribution in [2.24, 2.45) is 0 Å². The highest BCUT2D eigenvalue weighted by atomic mass is 16.5. The first-order valence-electron chi connectivity index (χ1n) is 7.39. The maximum atomic E-state index is 12.4. The third-order valence-corrected chi connectivity index (χ3v) is 3.77. The van der Waals surface area contributed by atoms with Gasteiger partial charge < -0.3 is 10.1 Å². The average molecular weight is 281 g/mol. The van der Waals surface area contributed by atoms with Crippen LogP contribution < -0.4 is 5.32 Å². The van der Waals surface area contributed by atoms with Gasteiger partial charge in [0.1, 0.15) is 0 Å². The molecule has 3 nitrogen and oxygen atoms in total. The molecular formula is C18H19NO2. The molecule has 1 atom stereocenters. The van der Waals surface area contributed by atoms with Crippen molar-refractivity contribution in [3.8, 4) is 11.1 Å². The molecule has 2 aromatic rings. The summed E-state index contributed by atoms with van der Waals surface area (Å²) in [6.45, 7) is 1.39. The van der Waals surface area contributed by atoms with Crippen molar-refractivity contribution in [3.63, 3.8) is 0 Å². The molecule has 0 radical (unpaired) electrons. The Labute approximate surface area is 124 Å². The Bertz CT molecular complexity index is 604. The third kappa shape index (κ3) is 3.31. The Kier molecular flexibility index (Phi) is 4.31. The van der Waals surface area contributed by atoms with Crippen molar-refractivity contribution in [1.82, 2.24) is 5.32 Å². The molecule has 1 heterocycles. The van der Waals surface area contributed by atoms with Crippen molar-refractivity contribution in [1.29, 1.82) is 0 Å². The van der Waals surface area contributed by atoms with Crippen molar-refractivity contribution in [2.75, 3.05) is 13.2 Å². The summed E-state index contributed by atoms with van der Waals surface area (Å²) in [5, 5.41) is 2.99. The van der Waals surface area contributed by atoms with E-state index in [1.54, 1.807) is 0 Å². The standard InChI is InChI=1S/C18H19NO2/c20-18(19-13-15-9-6-12-21-15)17-11-5-4-10-16(17)14-7-2-1-3-8-14/h1-5,7-8,10-11,15H,6,9,12-13H2,(H,19,20). The Morgan fingerprint density at radius 2 is 1.86 bits per heavy atom. The zero-order valence-electron chi connectivity index (χ0n) is 11.9. The molecule has 0 aliphatic carbocycles. The fourth-order valence-electron chi connectivity index (χ4n) is 2.66. The summed E-state index contributed by atoms with van der Waals surface area (Å²) in [5.74, 6) is -0.0371. The highest BCUT2D eigenvalue weighted by Gasteiger charge is 2.18. The Hall–Kier alpha value is -2.13. The monoisotopic (exact) mass is 281 g/mol.